The second kappa shape index (κ2) is 4.15. The van der Waals surface area contributed by atoms with Crippen molar-refractivity contribution in [3.63, 3.8) is 0 Å². The van der Waals surface area contributed by atoms with Gasteiger partial charge in [0.25, 0.3) is 0 Å². The second-order valence-corrected chi connectivity index (χ2v) is 4.08. The van der Waals surface area contributed by atoms with E-state index in [0.717, 1.165) is 0 Å². The molecule has 0 amide bonds. The average Bonchev–Trinajstić information content (AvgIpc) is 2.06. The Morgan fingerprint density at radius 1 is 1.50 bits per heavy atom. The van der Waals surface area contributed by atoms with Gasteiger partial charge in [0.1, 0.15) is 18.2 Å². The minimum atomic E-state index is -0.934. The Labute approximate surface area is 87.3 Å². The van der Waals surface area contributed by atoms with Crippen molar-refractivity contribution in [2.24, 2.45) is 0 Å². The van der Waals surface area contributed by atoms with Crippen molar-refractivity contribution < 1.29 is 14.2 Å². The maximum Gasteiger partial charge on any atom is 0.145 e. The van der Waals surface area contributed by atoms with Crippen LogP contribution in [0.15, 0.2) is 18.2 Å². The molecule has 4 heteroatoms. The minimum Gasteiger partial charge on any atom is -0.491 e. The largest absolute Gasteiger partial charge is 0.491 e. The fourth-order valence-electron chi connectivity index (χ4n) is 0.827. The molecule has 0 saturated carbocycles. The molecular formula is C10H12ClFO2. The Hall–Kier alpha value is -0.800. The molecule has 0 atom stereocenters. The molecule has 1 rings (SSSR count). The summed E-state index contributed by atoms with van der Waals surface area (Å²) in [5.74, 6) is -0.172. The van der Waals surface area contributed by atoms with Crippen molar-refractivity contribution in [2.45, 2.75) is 19.4 Å². The first-order valence-corrected chi connectivity index (χ1v) is 4.56. The lowest BCUT2D eigenvalue weighted by Gasteiger charge is -2.17. The molecule has 0 aliphatic rings. The second-order valence-electron chi connectivity index (χ2n) is 3.68. The van der Waals surface area contributed by atoms with Crippen molar-refractivity contribution >= 4 is 11.6 Å². The van der Waals surface area contributed by atoms with E-state index in [1.807, 2.05) is 0 Å². The quantitative estimate of drug-likeness (QED) is 0.845. The van der Waals surface area contributed by atoms with Gasteiger partial charge in [-0.2, -0.15) is 0 Å². The van der Waals surface area contributed by atoms with Crippen LogP contribution in [0.25, 0.3) is 0 Å². The molecule has 0 bridgehead atoms. The highest BCUT2D eigenvalue weighted by atomic mass is 35.5. The molecule has 0 aromatic heterocycles. The van der Waals surface area contributed by atoms with Crippen molar-refractivity contribution in [1.29, 1.82) is 0 Å². The molecule has 1 aromatic carbocycles. The van der Waals surface area contributed by atoms with Crippen LogP contribution < -0.4 is 4.74 Å². The van der Waals surface area contributed by atoms with Gasteiger partial charge in [-0.1, -0.05) is 11.6 Å². The van der Waals surface area contributed by atoms with E-state index < -0.39 is 11.4 Å². The van der Waals surface area contributed by atoms with Gasteiger partial charge in [0.05, 0.1) is 10.6 Å². The molecule has 0 heterocycles. The van der Waals surface area contributed by atoms with E-state index in [2.05, 4.69) is 0 Å². The smallest absolute Gasteiger partial charge is 0.145 e. The van der Waals surface area contributed by atoms with E-state index in [9.17, 15) is 9.50 Å². The lowest BCUT2D eigenvalue weighted by molar-refractivity contribution is 0.0284. The zero-order valence-corrected chi connectivity index (χ0v) is 8.81. The highest BCUT2D eigenvalue weighted by molar-refractivity contribution is 6.30. The van der Waals surface area contributed by atoms with Gasteiger partial charge in [-0.3, -0.25) is 0 Å². The zero-order valence-electron chi connectivity index (χ0n) is 8.05. The van der Waals surface area contributed by atoms with E-state index >= 15 is 0 Å². The Morgan fingerprint density at radius 2 is 2.14 bits per heavy atom. The fraction of sp³-hybridized carbons (Fsp3) is 0.400. The number of hydrogen-bond acceptors (Lipinski definition) is 2. The Morgan fingerprint density at radius 3 is 2.64 bits per heavy atom. The van der Waals surface area contributed by atoms with E-state index in [0.29, 0.717) is 5.75 Å². The van der Waals surface area contributed by atoms with Crippen LogP contribution >= 0.6 is 11.6 Å². The van der Waals surface area contributed by atoms with Gasteiger partial charge in [0.2, 0.25) is 0 Å². The monoisotopic (exact) mass is 218 g/mol. The molecule has 0 spiro atoms. The summed E-state index contributed by atoms with van der Waals surface area (Å²) in [6, 6.07) is 4.15. The topological polar surface area (TPSA) is 29.5 Å². The Balaban J connectivity index is 2.65. The Bertz CT molecular complexity index is 320. The van der Waals surface area contributed by atoms with Gasteiger partial charge < -0.3 is 9.84 Å². The van der Waals surface area contributed by atoms with Crippen LogP contribution in [0.2, 0.25) is 5.02 Å². The molecule has 1 N–H and O–H groups in total. The molecule has 14 heavy (non-hydrogen) atoms. The van der Waals surface area contributed by atoms with Gasteiger partial charge in [-0.05, 0) is 26.0 Å². The summed E-state index contributed by atoms with van der Waals surface area (Å²) < 4.78 is 18.1. The summed E-state index contributed by atoms with van der Waals surface area (Å²) in [4.78, 5) is 0. The minimum absolute atomic E-state index is 0.0561. The molecule has 0 unspecified atom stereocenters. The third-order valence-corrected chi connectivity index (χ3v) is 1.79. The number of ether oxygens (including phenoxy) is 1. The van der Waals surface area contributed by atoms with Gasteiger partial charge in [0.15, 0.2) is 0 Å². The first-order valence-electron chi connectivity index (χ1n) is 4.19. The van der Waals surface area contributed by atoms with Crippen LogP contribution in [0.4, 0.5) is 4.39 Å². The molecule has 2 nitrogen and oxygen atoms in total. The maximum absolute atomic E-state index is 12.9. The number of rotatable bonds is 3. The maximum atomic E-state index is 12.9. The summed E-state index contributed by atoms with van der Waals surface area (Å²) in [6.45, 7) is 3.33. The molecular weight excluding hydrogens is 207 g/mol. The number of aliphatic hydroxyl groups is 1. The van der Waals surface area contributed by atoms with Crippen molar-refractivity contribution in [2.75, 3.05) is 6.61 Å². The summed E-state index contributed by atoms with van der Waals surface area (Å²) in [7, 11) is 0. The van der Waals surface area contributed by atoms with Crippen molar-refractivity contribution in [3.05, 3.63) is 29.0 Å². The van der Waals surface area contributed by atoms with Crippen LogP contribution in [0.3, 0.4) is 0 Å². The zero-order chi connectivity index (χ0) is 10.8. The molecule has 0 fully saturated rings. The molecule has 0 aliphatic heterocycles. The Kier molecular flexibility index (Phi) is 3.34. The standard InChI is InChI=1S/C10H12ClFO2/c1-10(2,13)6-14-7-3-4-8(11)9(12)5-7/h3-5,13H,6H2,1-2H3. The van der Waals surface area contributed by atoms with Gasteiger partial charge in [-0.15, -0.1) is 0 Å². The predicted molar refractivity (Wildman–Crippen MR) is 53.2 cm³/mol. The third kappa shape index (κ3) is 3.52. The number of halogens is 2. The van der Waals surface area contributed by atoms with E-state index in [-0.39, 0.29) is 11.6 Å². The van der Waals surface area contributed by atoms with Crippen LogP contribution in [0.5, 0.6) is 5.75 Å². The van der Waals surface area contributed by atoms with Crippen LogP contribution in [-0.2, 0) is 0 Å². The van der Waals surface area contributed by atoms with Crippen LogP contribution in [-0.4, -0.2) is 17.3 Å². The average molecular weight is 219 g/mol. The molecule has 0 aliphatic carbocycles. The number of benzene rings is 1. The van der Waals surface area contributed by atoms with Crippen molar-refractivity contribution in [1.82, 2.24) is 0 Å². The highest BCUT2D eigenvalue weighted by Crippen LogP contribution is 2.21. The molecule has 78 valence electrons. The highest BCUT2D eigenvalue weighted by Gasteiger charge is 2.13. The fourth-order valence-corrected chi connectivity index (χ4v) is 0.944. The summed E-state index contributed by atoms with van der Waals surface area (Å²) in [5, 5.41) is 9.41. The summed E-state index contributed by atoms with van der Waals surface area (Å²) in [5.41, 5.74) is -0.934. The lowest BCUT2D eigenvalue weighted by atomic mass is 10.2. The van der Waals surface area contributed by atoms with Gasteiger partial charge in [-0.25, -0.2) is 4.39 Å². The third-order valence-electron chi connectivity index (χ3n) is 1.48. The lowest BCUT2D eigenvalue weighted by Crippen LogP contribution is -2.27. The van der Waals surface area contributed by atoms with Crippen LogP contribution in [0.1, 0.15) is 13.8 Å². The number of hydrogen-bond donors (Lipinski definition) is 1. The van der Waals surface area contributed by atoms with E-state index in [4.69, 9.17) is 16.3 Å². The van der Waals surface area contributed by atoms with E-state index in [1.54, 1.807) is 19.9 Å². The predicted octanol–water partition coefficient (Wildman–Crippen LogP) is 2.63. The summed E-state index contributed by atoms with van der Waals surface area (Å²) >= 11 is 5.49. The van der Waals surface area contributed by atoms with Gasteiger partial charge in [0, 0.05) is 6.07 Å². The normalized spacial score (nSPS) is 11.5. The van der Waals surface area contributed by atoms with Crippen LogP contribution in [0, 0.1) is 5.82 Å². The van der Waals surface area contributed by atoms with Gasteiger partial charge >= 0.3 is 0 Å². The first-order chi connectivity index (χ1) is 6.38. The van der Waals surface area contributed by atoms with Crippen molar-refractivity contribution in [3.8, 4) is 5.75 Å². The SMILES string of the molecule is CC(C)(O)COc1ccc(Cl)c(F)c1. The summed E-state index contributed by atoms with van der Waals surface area (Å²) in [6.07, 6.45) is 0. The van der Waals surface area contributed by atoms with E-state index in [1.165, 1.54) is 12.1 Å². The molecule has 1 aromatic rings. The first kappa shape index (κ1) is 11.3. The molecule has 0 radical (unpaired) electrons. The molecule has 0 saturated heterocycles.